The highest BCUT2D eigenvalue weighted by molar-refractivity contribution is 9.08. The minimum Gasteiger partial charge on any atom is -0.459 e. The zero-order chi connectivity index (χ0) is 14.8. The van der Waals surface area contributed by atoms with Gasteiger partial charge in [0.1, 0.15) is 0 Å². The van der Waals surface area contributed by atoms with E-state index < -0.39 is 0 Å². The van der Waals surface area contributed by atoms with Crippen molar-refractivity contribution in [2.45, 2.75) is 63.8 Å². The van der Waals surface area contributed by atoms with Crippen molar-refractivity contribution in [2.75, 3.05) is 0 Å². The maximum Gasteiger partial charge on any atom is 0.338 e. The van der Waals surface area contributed by atoms with Gasteiger partial charge in [0, 0.05) is 5.33 Å². The molecule has 1 aromatic rings. The Labute approximate surface area is 131 Å². The van der Waals surface area contributed by atoms with Crippen LogP contribution in [0.4, 0.5) is 0 Å². The Morgan fingerprint density at radius 1 is 1.20 bits per heavy atom. The lowest BCUT2D eigenvalue weighted by molar-refractivity contribution is 0.0318. The molecule has 1 atom stereocenters. The Morgan fingerprint density at radius 2 is 1.90 bits per heavy atom. The van der Waals surface area contributed by atoms with Gasteiger partial charge in [0.05, 0.1) is 11.7 Å². The zero-order valence-corrected chi connectivity index (χ0v) is 14.1. The number of carbonyl (C=O) groups excluding carboxylic acids is 1. The van der Waals surface area contributed by atoms with Crippen molar-refractivity contribution < 1.29 is 9.53 Å². The average Bonchev–Trinajstić information content (AvgIpc) is 2.46. The molecule has 0 heterocycles. The van der Waals surface area contributed by atoms with E-state index >= 15 is 0 Å². The number of benzene rings is 1. The molecule has 20 heavy (non-hydrogen) atoms. The van der Waals surface area contributed by atoms with Crippen LogP contribution in [0.15, 0.2) is 24.3 Å². The molecule has 112 valence electrons. The van der Waals surface area contributed by atoms with E-state index in [-0.39, 0.29) is 12.1 Å². The quantitative estimate of drug-likeness (QED) is 0.337. The first kappa shape index (κ1) is 17.2. The molecule has 0 aromatic heterocycles. The molecule has 3 heteroatoms. The van der Waals surface area contributed by atoms with E-state index in [1.165, 1.54) is 25.7 Å². The number of hydrogen-bond acceptors (Lipinski definition) is 2. The molecular formula is C17H25BrO2. The van der Waals surface area contributed by atoms with Crippen molar-refractivity contribution >= 4 is 21.9 Å². The third-order valence-corrected chi connectivity index (χ3v) is 4.01. The summed E-state index contributed by atoms with van der Waals surface area (Å²) in [6.45, 7) is 4.19. The molecule has 0 spiro atoms. The van der Waals surface area contributed by atoms with E-state index in [1.807, 2.05) is 31.2 Å². The standard InChI is InChI=1S/C17H25BrO2/c1-3-4-5-6-7-10-14(2)20-17(19)16-12-9-8-11-15(16)13-18/h8-9,11-12,14H,3-7,10,13H2,1-2H3. The van der Waals surface area contributed by atoms with E-state index in [0.29, 0.717) is 10.9 Å². The molecule has 0 amide bonds. The number of hydrogen-bond donors (Lipinski definition) is 0. The second kappa shape index (κ2) is 9.98. The molecule has 1 aromatic carbocycles. The van der Waals surface area contributed by atoms with Crippen LogP contribution in [-0.4, -0.2) is 12.1 Å². The van der Waals surface area contributed by atoms with Gasteiger partial charge < -0.3 is 4.74 Å². The summed E-state index contributed by atoms with van der Waals surface area (Å²) in [5.74, 6) is -0.207. The lowest BCUT2D eigenvalue weighted by Gasteiger charge is -2.14. The largest absolute Gasteiger partial charge is 0.459 e. The highest BCUT2D eigenvalue weighted by atomic mass is 79.9. The van der Waals surface area contributed by atoms with Crippen molar-refractivity contribution in [3.8, 4) is 0 Å². The fourth-order valence-electron chi connectivity index (χ4n) is 2.18. The molecule has 0 saturated heterocycles. The van der Waals surface area contributed by atoms with Crippen LogP contribution in [0.1, 0.15) is 68.3 Å². The summed E-state index contributed by atoms with van der Waals surface area (Å²) in [5, 5.41) is 0.670. The van der Waals surface area contributed by atoms with E-state index in [1.54, 1.807) is 0 Å². The maximum atomic E-state index is 12.1. The molecule has 2 nitrogen and oxygen atoms in total. The SMILES string of the molecule is CCCCCCCC(C)OC(=O)c1ccccc1CBr. The molecule has 1 rings (SSSR count). The molecule has 0 N–H and O–H groups in total. The van der Waals surface area contributed by atoms with Crippen molar-refractivity contribution in [1.82, 2.24) is 0 Å². The van der Waals surface area contributed by atoms with Crippen LogP contribution < -0.4 is 0 Å². The molecule has 1 unspecified atom stereocenters. The number of halogens is 1. The van der Waals surface area contributed by atoms with Gasteiger partial charge in [0.15, 0.2) is 0 Å². The van der Waals surface area contributed by atoms with Gasteiger partial charge in [-0.15, -0.1) is 0 Å². The van der Waals surface area contributed by atoms with Crippen LogP contribution in [0.2, 0.25) is 0 Å². The molecule has 0 aliphatic heterocycles. The van der Waals surface area contributed by atoms with Crippen LogP contribution in [0.3, 0.4) is 0 Å². The summed E-state index contributed by atoms with van der Waals surface area (Å²) in [4.78, 5) is 12.1. The minimum atomic E-state index is -0.207. The molecular weight excluding hydrogens is 316 g/mol. The van der Waals surface area contributed by atoms with Gasteiger partial charge in [-0.25, -0.2) is 4.79 Å². The van der Waals surface area contributed by atoms with E-state index in [0.717, 1.165) is 18.4 Å². The lowest BCUT2D eigenvalue weighted by Crippen LogP contribution is -2.16. The third kappa shape index (κ3) is 6.08. The molecule has 0 aliphatic carbocycles. The van der Waals surface area contributed by atoms with Crippen LogP contribution in [0, 0.1) is 0 Å². The summed E-state index contributed by atoms with van der Waals surface area (Å²) < 4.78 is 5.53. The highest BCUT2D eigenvalue weighted by Gasteiger charge is 2.14. The Kier molecular flexibility index (Phi) is 8.59. The fraction of sp³-hybridized carbons (Fsp3) is 0.588. The van der Waals surface area contributed by atoms with Gasteiger partial charge in [-0.2, -0.15) is 0 Å². The molecule has 0 bridgehead atoms. The monoisotopic (exact) mass is 340 g/mol. The number of carbonyl (C=O) groups is 1. The first-order valence-electron chi connectivity index (χ1n) is 7.53. The van der Waals surface area contributed by atoms with Crippen LogP contribution >= 0.6 is 15.9 Å². The molecule has 0 saturated carbocycles. The van der Waals surface area contributed by atoms with E-state index in [2.05, 4.69) is 22.9 Å². The van der Waals surface area contributed by atoms with E-state index in [4.69, 9.17) is 4.74 Å². The lowest BCUT2D eigenvalue weighted by atomic mass is 10.1. The van der Waals surface area contributed by atoms with Gasteiger partial charge in [0.2, 0.25) is 0 Å². The van der Waals surface area contributed by atoms with Crippen molar-refractivity contribution in [3.63, 3.8) is 0 Å². The number of unbranched alkanes of at least 4 members (excludes halogenated alkanes) is 4. The number of ether oxygens (including phenoxy) is 1. The van der Waals surface area contributed by atoms with Crippen molar-refractivity contribution in [1.29, 1.82) is 0 Å². The normalized spacial score (nSPS) is 12.2. The first-order chi connectivity index (χ1) is 9.69. The highest BCUT2D eigenvalue weighted by Crippen LogP contribution is 2.16. The fourth-order valence-corrected chi connectivity index (χ4v) is 2.67. The predicted octanol–water partition coefficient (Wildman–Crippen LogP) is 5.49. The van der Waals surface area contributed by atoms with Gasteiger partial charge in [-0.1, -0.05) is 66.7 Å². The van der Waals surface area contributed by atoms with Gasteiger partial charge in [-0.05, 0) is 31.4 Å². The Hall–Kier alpha value is -0.830. The van der Waals surface area contributed by atoms with E-state index in [9.17, 15) is 4.79 Å². The molecule has 0 fully saturated rings. The van der Waals surface area contributed by atoms with Crippen molar-refractivity contribution in [2.24, 2.45) is 0 Å². The number of rotatable bonds is 9. The topological polar surface area (TPSA) is 26.3 Å². The summed E-state index contributed by atoms with van der Waals surface area (Å²) in [5.41, 5.74) is 1.65. The molecule has 0 radical (unpaired) electrons. The predicted molar refractivity (Wildman–Crippen MR) is 87.3 cm³/mol. The van der Waals surface area contributed by atoms with Crippen molar-refractivity contribution in [3.05, 3.63) is 35.4 Å². The smallest absolute Gasteiger partial charge is 0.338 e. The average molecular weight is 341 g/mol. The Balaban J connectivity index is 2.37. The van der Waals surface area contributed by atoms with Gasteiger partial charge in [0.25, 0.3) is 0 Å². The van der Waals surface area contributed by atoms with Crippen LogP contribution in [-0.2, 0) is 10.1 Å². The summed E-state index contributed by atoms with van der Waals surface area (Å²) in [7, 11) is 0. The van der Waals surface area contributed by atoms with Crippen LogP contribution in [0.25, 0.3) is 0 Å². The summed E-state index contributed by atoms with van der Waals surface area (Å²) in [6.07, 6.45) is 7.14. The molecule has 0 aliphatic rings. The second-order valence-electron chi connectivity index (χ2n) is 5.21. The minimum absolute atomic E-state index is 0.00694. The van der Waals surface area contributed by atoms with Gasteiger partial charge in [-0.3, -0.25) is 0 Å². The Bertz CT molecular complexity index is 404. The maximum absolute atomic E-state index is 12.1. The van der Waals surface area contributed by atoms with Crippen LogP contribution in [0.5, 0.6) is 0 Å². The third-order valence-electron chi connectivity index (χ3n) is 3.40. The zero-order valence-electron chi connectivity index (χ0n) is 12.5. The summed E-state index contributed by atoms with van der Waals surface area (Å²) in [6, 6.07) is 7.58. The summed E-state index contributed by atoms with van der Waals surface area (Å²) >= 11 is 3.40. The Morgan fingerprint density at radius 3 is 2.60 bits per heavy atom. The second-order valence-corrected chi connectivity index (χ2v) is 5.77. The number of alkyl halides is 1. The first-order valence-corrected chi connectivity index (χ1v) is 8.66. The van der Waals surface area contributed by atoms with Gasteiger partial charge >= 0.3 is 5.97 Å². The number of esters is 1.